The smallest absolute Gasteiger partial charge is 0.416 e. The summed E-state index contributed by atoms with van der Waals surface area (Å²) in [7, 11) is 0. The molecule has 112 valence electrons. The topological polar surface area (TPSA) is 68.0 Å². The van der Waals surface area contributed by atoms with Crippen molar-refractivity contribution in [3.8, 4) is 5.69 Å². The highest BCUT2D eigenvalue weighted by Crippen LogP contribution is 2.32. The first kappa shape index (κ1) is 15.5. The van der Waals surface area contributed by atoms with Crippen LogP contribution in [0.25, 0.3) is 5.69 Å². The largest absolute Gasteiger partial charge is 0.481 e. The number of hydrogen-bond acceptors (Lipinski definition) is 3. The number of carboxylic acids is 1. The van der Waals surface area contributed by atoms with Gasteiger partial charge in [-0.15, -0.1) is 5.10 Å². The molecule has 2 rings (SSSR count). The van der Waals surface area contributed by atoms with E-state index < -0.39 is 17.7 Å². The van der Waals surface area contributed by atoms with Gasteiger partial charge in [-0.2, -0.15) is 13.2 Å². The van der Waals surface area contributed by atoms with E-state index in [4.69, 9.17) is 5.11 Å². The molecule has 0 saturated carbocycles. The Kier molecular flexibility index (Phi) is 4.31. The van der Waals surface area contributed by atoms with E-state index in [0.29, 0.717) is 5.69 Å². The number of aromatic nitrogens is 3. The third kappa shape index (κ3) is 4.03. The maximum atomic E-state index is 12.7. The second-order valence-electron chi connectivity index (χ2n) is 4.24. The monoisotopic (exact) mass is 363 g/mol. The van der Waals surface area contributed by atoms with E-state index in [1.165, 1.54) is 16.9 Å². The Balaban J connectivity index is 2.30. The summed E-state index contributed by atoms with van der Waals surface area (Å²) in [6, 6.07) is 3.37. The van der Waals surface area contributed by atoms with Crippen LogP contribution in [0.15, 0.2) is 28.9 Å². The second-order valence-corrected chi connectivity index (χ2v) is 5.16. The van der Waals surface area contributed by atoms with Crippen LogP contribution in [-0.2, 0) is 17.4 Å². The quantitative estimate of drug-likeness (QED) is 0.906. The zero-order valence-electron chi connectivity index (χ0n) is 10.4. The van der Waals surface area contributed by atoms with Crippen molar-refractivity contribution in [2.75, 3.05) is 0 Å². The molecule has 0 radical (unpaired) electrons. The molecule has 0 aliphatic carbocycles. The average Bonchev–Trinajstić information content (AvgIpc) is 2.83. The van der Waals surface area contributed by atoms with Gasteiger partial charge in [0.05, 0.1) is 29.6 Å². The van der Waals surface area contributed by atoms with Crippen molar-refractivity contribution in [2.24, 2.45) is 0 Å². The van der Waals surface area contributed by atoms with Gasteiger partial charge in [-0.25, -0.2) is 4.68 Å². The zero-order valence-corrected chi connectivity index (χ0v) is 12.0. The summed E-state index contributed by atoms with van der Waals surface area (Å²) < 4.78 is 39.7. The number of carboxylic acid groups (broad SMARTS) is 1. The number of halogens is 4. The summed E-state index contributed by atoms with van der Waals surface area (Å²) in [4.78, 5) is 10.5. The standard InChI is InChI=1S/C12H9BrF3N3O2/c13-8-3-7(12(14,15)16)4-10(5-8)19-6-9(17-18-19)1-2-11(20)21/h3-6H,1-2H2,(H,20,21). The first-order valence-corrected chi connectivity index (χ1v) is 6.56. The lowest BCUT2D eigenvalue weighted by atomic mass is 10.2. The van der Waals surface area contributed by atoms with Crippen LogP contribution in [0.1, 0.15) is 17.7 Å². The van der Waals surface area contributed by atoms with Crippen LogP contribution in [0.2, 0.25) is 0 Å². The maximum Gasteiger partial charge on any atom is 0.416 e. The Morgan fingerprint density at radius 1 is 1.33 bits per heavy atom. The van der Waals surface area contributed by atoms with Crippen molar-refractivity contribution < 1.29 is 23.1 Å². The third-order valence-corrected chi connectivity index (χ3v) is 3.07. The lowest BCUT2D eigenvalue weighted by Gasteiger charge is -2.09. The van der Waals surface area contributed by atoms with E-state index in [2.05, 4.69) is 26.2 Å². The predicted molar refractivity (Wildman–Crippen MR) is 70.0 cm³/mol. The number of alkyl halides is 3. The number of aryl methyl sites for hydroxylation is 1. The van der Waals surface area contributed by atoms with Crippen LogP contribution < -0.4 is 0 Å². The SMILES string of the molecule is O=C(O)CCc1cn(-c2cc(Br)cc(C(F)(F)F)c2)nn1. The summed E-state index contributed by atoms with van der Waals surface area (Å²) in [6.45, 7) is 0. The predicted octanol–water partition coefficient (Wildman–Crippen LogP) is 3.07. The fourth-order valence-electron chi connectivity index (χ4n) is 1.64. The van der Waals surface area contributed by atoms with E-state index in [1.807, 2.05) is 0 Å². The van der Waals surface area contributed by atoms with Crippen molar-refractivity contribution in [1.29, 1.82) is 0 Å². The van der Waals surface area contributed by atoms with Gasteiger partial charge in [0, 0.05) is 10.9 Å². The third-order valence-electron chi connectivity index (χ3n) is 2.61. The number of hydrogen-bond donors (Lipinski definition) is 1. The Morgan fingerprint density at radius 2 is 2.05 bits per heavy atom. The minimum Gasteiger partial charge on any atom is -0.481 e. The molecule has 0 saturated heterocycles. The molecule has 9 heteroatoms. The molecular formula is C12H9BrF3N3O2. The molecular weight excluding hydrogens is 355 g/mol. The zero-order chi connectivity index (χ0) is 15.6. The van der Waals surface area contributed by atoms with E-state index in [9.17, 15) is 18.0 Å². The highest BCUT2D eigenvalue weighted by atomic mass is 79.9. The van der Waals surface area contributed by atoms with Gasteiger partial charge in [-0.05, 0) is 18.2 Å². The molecule has 0 spiro atoms. The van der Waals surface area contributed by atoms with Gasteiger partial charge in [0.1, 0.15) is 0 Å². The molecule has 0 aliphatic heterocycles. The van der Waals surface area contributed by atoms with Crippen LogP contribution in [0.5, 0.6) is 0 Å². The molecule has 2 aromatic rings. The van der Waals surface area contributed by atoms with E-state index in [-0.39, 0.29) is 23.0 Å². The number of aliphatic carboxylic acids is 1. The van der Waals surface area contributed by atoms with Gasteiger partial charge in [0.25, 0.3) is 0 Å². The van der Waals surface area contributed by atoms with Crippen LogP contribution >= 0.6 is 15.9 Å². The lowest BCUT2D eigenvalue weighted by molar-refractivity contribution is -0.138. The van der Waals surface area contributed by atoms with Gasteiger partial charge in [0.15, 0.2) is 0 Å². The van der Waals surface area contributed by atoms with Gasteiger partial charge in [-0.3, -0.25) is 4.79 Å². The van der Waals surface area contributed by atoms with E-state index in [1.54, 1.807) is 0 Å². The number of nitrogens with zero attached hydrogens (tertiary/aromatic N) is 3. The van der Waals surface area contributed by atoms with Crippen molar-refractivity contribution in [3.05, 3.63) is 40.1 Å². The molecule has 0 atom stereocenters. The van der Waals surface area contributed by atoms with Crippen LogP contribution in [0.4, 0.5) is 13.2 Å². The Morgan fingerprint density at radius 3 is 2.67 bits per heavy atom. The maximum absolute atomic E-state index is 12.7. The number of carbonyl (C=O) groups is 1. The van der Waals surface area contributed by atoms with Gasteiger partial charge in [0.2, 0.25) is 0 Å². The van der Waals surface area contributed by atoms with Gasteiger partial charge in [-0.1, -0.05) is 21.1 Å². The summed E-state index contributed by atoms with van der Waals surface area (Å²) in [5.41, 5.74) is -0.230. The van der Waals surface area contributed by atoms with Crippen molar-refractivity contribution in [3.63, 3.8) is 0 Å². The molecule has 1 aromatic carbocycles. The van der Waals surface area contributed by atoms with Crippen molar-refractivity contribution in [1.82, 2.24) is 15.0 Å². The van der Waals surface area contributed by atoms with Crippen LogP contribution in [0, 0.1) is 0 Å². The molecule has 0 bridgehead atoms. The van der Waals surface area contributed by atoms with Crippen molar-refractivity contribution in [2.45, 2.75) is 19.0 Å². The molecule has 1 N–H and O–H groups in total. The Hall–Kier alpha value is -1.90. The summed E-state index contributed by atoms with van der Waals surface area (Å²) in [5.74, 6) is -0.980. The highest BCUT2D eigenvalue weighted by molar-refractivity contribution is 9.10. The molecule has 0 fully saturated rings. The fourth-order valence-corrected chi connectivity index (χ4v) is 2.13. The molecule has 1 heterocycles. The van der Waals surface area contributed by atoms with Crippen molar-refractivity contribution >= 4 is 21.9 Å². The van der Waals surface area contributed by atoms with E-state index >= 15 is 0 Å². The molecule has 0 amide bonds. The molecule has 0 aliphatic rings. The summed E-state index contributed by atoms with van der Waals surface area (Å²) in [6.07, 6.45) is -3.02. The average molecular weight is 364 g/mol. The summed E-state index contributed by atoms with van der Waals surface area (Å²) in [5, 5.41) is 16.0. The first-order chi connectivity index (χ1) is 9.75. The second kappa shape index (κ2) is 5.84. The molecule has 5 nitrogen and oxygen atoms in total. The number of rotatable bonds is 4. The normalized spacial score (nSPS) is 11.6. The van der Waals surface area contributed by atoms with Crippen LogP contribution in [-0.4, -0.2) is 26.1 Å². The van der Waals surface area contributed by atoms with Gasteiger partial charge < -0.3 is 5.11 Å². The van der Waals surface area contributed by atoms with Gasteiger partial charge >= 0.3 is 12.1 Å². The number of benzene rings is 1. The fraction of sp³-hybridized carbons (Fsp3) is 0.250. The molecule has 0 unspecified atom stereocenters. The Labute approximate surface area is 125 Å². The van der Waals surface area contributed by atoms with Crippen LogP contribution in [0.3, 0.4) is 0 Å². The summed E-state index contributed by atoms with van der Waals surface area (Å²) >= 11 is 3.02. The minimum atomic E-state index is -4.47. The lowest BCUT2D eigenvalue weighted by Crippen LogP contribution is -2.06. The first-order valence-electron chi connectivity index (χ1n) is 5.77. The highest BCUT2D eigenvalue weighted by Gasteiger charge is 2.31. The molecule has 1 aromatic heterocycles. The Bertz CT molecular complexity index is 670. The minimum absolute atomic E-state index is 0.120. The van der Waals surface area contributed by atoms with E-state index in [0.717, 1.165) is 12.1 Å². The molecule has 21 heavy (non-hydrogen) atoms.